The molecule has 0 aliphatic carbocycles. The minimum absolute atomic E-state index is 0.0252. The summed E-state index contributed by atoms with van der Waals surface area (Å²) in [6, 6.07) is 3.51. The van der Waals surface area contributed by atoms with Crippen LogP contribution >= 0.6 is 0 Å². The number of carbonyl (C=O) groups is 7. The molecule has 0 bridgehead atoms. The van der Waals surface area contributed by atoms with Gasteiger partial charge in [-0.3, -0.25) is 43.9 Å². The van der Waals surface area contributed by atoms with Crippen molar-refractivity contribution in [3.05, 3.63) is 29.3 Å². The molecule has 1 atom stereocenters. The van der Waals surface area contributed by atoms with E-state index in [0.29, 0.717) is 32.6 Å². The van der Waals surface area contributed by atoms with Crippen molar-refractivity contribution in [1.29, 1.82) is 0 Å². The van der Waals surface area contributed by atoms with E-state index in [2.05, 4.69) is 15.5 Å². The summed E-state index contributed by atoms with van der Waals surface area (Å²) in [5, 5.41) is 4.90. The molecule has 1 unspecified atom stereocenters. The quantitative estimate of drug-likeness (QED) is 0.197. The Hall–Kier alpha value is -4.13. The smallest absolute Gasteiger partial charge is 0.397 e. The van der Waals surface area contributed by atoms with Gasteiger partial charge in [-0.25, -0.2) is 4.79 Å². The lowest BCUT2D eigenvalue weighted by Crippen LogP contribution is -2.54. The second-order valence-electron chi connectivity index (χ2n) is 11.7. The first-order valence-corrected chi connectivity index (χ1v) is 14.2. The molecule has 226 valence electrons. The van der Waals surface area contributed by atoms with E-state index >= 15 is 0 Å². The zero-order valence-electron chi connectivity index (χ0n) is 24.2. The molecule has 3 aliphatic heterocycles. The van der Waals surface area contributed by atoms with Gasteiger partial charge in [0.2, 0.25) is 17.7 Å². The van der Waals surface area contributed by atoms with Crippen molar-refractivity contribution < 1.29 is 38.3 Å². The van der Waals surface area contributed by atoms with Gasteiger partial charge in [0.25, 0.3) is 11.8 Å². The lowest BCUT2D eigenvalue weighted by Gasteiger charge is -2.34. The van der Waals surface area contributed by atoms with Gasteiger partial charge in [-0.15, -0.1) is 0 Å². The number of rotatable bonds is 8. The monoisotopic (exact) mass is 583 g/mol. The van der Waals surface area contributed by atoms with Gasteiger partial charge in [0, 0.05) is 39.0 Å². The van der Waals surface area contributed by atoms with E-state index in [-0.39, 0.29) is 42.0 Å². The second kappa shape index (κ2) is 12.8. The van der Waals surface area contributed by atoms with Crippen LogP contribution in [-0.2, 0) is 28.7 Å². The van der Waals surface area contributed by atoms with Gasteiger partial charge >= 0.3 is 11.9 Å². The molecule has 13 nitrogen and oxygen atoms in total. The lowest BCUT2D eigenvalue weighted by atomic mass is 10.0. The maximum atomic E-state index is 13.2. The van der Waals surface area contributed by atoms with Crippen LogP contribution in [-0.4, -0.2) is 100 Å². The Morgan fingerprint density at radius 2 is 1.69 bits per heavy atom. The number of benzene rings is 1. The van der Waals surface area contributed by atoms with Crippen LogP contribution in [0.3, 0.4) is 0 Å². The minimum Gasteiger partial charge on any atom is -0.453 e. The molecule has 2 N–H and O–H groups in total. The number of ether oxygens (including phenoxy) is 1. The van der Waals surface area contributed by atoms with E-state index in [1.54, 1.807) is 32.9 Å². The summed E-state index contributed by atoms with van der Waals surface area (Å²) in [6.07, 6.45) is 2.56. The Balaban J connectivity index is 1.19. The Morgan fingerprint density at radius 1 is 0.976 bits per heavy atom. The van der Waals surface area contributed by atoms with Gasteiger partial charge in [-0.05, 0) is 58.7 Å². The number of amides is 6. The highest BCUT2D eigenvalue weighted by Gasteiger charge is 2.45. The number of fused-ring (bicyclic) bond motifs is 1. The fourth-order valence-corrected chi connectivity index (χ4v) is 5.25. The Kier molecular flexibility index (Phi) is 9.40. The summed E-state index contributed by atoms with van der Waals surface area (Å²) in [7, 11) is 0. The Bertz CT molecular complexity index is 1300. The first-order chi connectivity index (χ1) is 19.9. The van der Waals surface area contributed by atoms with E-state index in [9.17, 15) is 33.6 Å². The molecule has 13 heteroatoms. The van der Waals surface area contributed by atoms with E-state index in [4.69, 9.17) is 4.74 Å². The van der Waals surface area contributed by atoms with Crippen LogP contribution in [0.4, 0.5) is 5.69 Å². The maximum absolute atomic E-state index is 13.2. The number of carbonyl (C=O) groups excluding carboxylic acids is 7. The Labute approximate surface area is 243 Å². The first kappa shape index (κ1) is 30.8. The van der Waals surface area contributed by atoms with E-state index < -0.39 is 47.1 Å². The van der Waals surface area contributed by atoms with Crippen LogP contribution in [0.1, 0.15) is 80.0 Å². The van der Waals surface area contributed by atoms with E-state index in [1.807, 2.05) is 0 Å². The molecule has 2 saturated heterocycles. The number of piperazine rings is 1. The topological polar surface area (TPSA) is 162 Å². The summed E-state index contributed by atoms with van der Waals surface area (Å²) in [6.45, 7) is 8.15. The summed E-state index contributed by atoms with van der Waals surface area (Å²) in [4.78, 5) is 91.5. The number of nitrogens with zero attached hydrogens (tertiary/aromatic N) is 3. The van der Waals surface area contributed by atoms with Crippen molar-refractivity contribution in [2.45, 2.75) is 70.9 Å². The number of nitrogens with one attached hydrogen (secondary N) is 2. The molecule has 0 spiro atoms. The molecular formula is C29H37N5O8. The summed E-state index contributed by atoms with van der Waals surface area (Å²) < 4.78 is 5.16. The standard InChI is InChI=1S/C29H37N5O8/c1-29(2,3)42-28(41)27(40)33-16-14-32(15-17-33)13-6-4-5-10-21(35)30-19-9-7-8-18-23(19)26(39)34(25(18)38)20-11-12-22(36)31-24(20)37/h7-9,20H,4-6,10-17H2,1-3H3,(H,30,35)(H,31,36,37). The maximum Gasteiger partial charge on any atom is 0.397 e. The molecule has 42 heavy (non-hydrogen) atoms. The van der Waals surface area contributed by atoms with Crippen molar-refractivity contribution in [3.8, 4) is 0 Å². The number of esters is 1. The van der Waals surface area contributed by atoms with Crippen LogP contribution in [0.15, 0.2) is 18.2 Å². The molecule has 0 saturated carbocycles. The van der Waals surface area contributed by atoms with Gasteiger partial charge in [-0.2, -0.15) is 0 Å². The fraction of sp³-hybridized carbons (Fsp3) is 0.552. The highest BCUT2D eigenvalue weighted by Crippen LogP contribution is 2.32. The number of hydrogen-bond acceptors (Lipinski definition) is 9. The van der Waals surface area contributed by atoms with Crippen molar-refractivity contribution >= 4 is 47.1 Å². The molecule has 2 fully saturated rings. The van der Waals surface area contributed by atoms with Crippen LogP contribution in [0.5, 0.6) is 0 Å². The highest BCUT2D eigenvalue weighted by atomic mass is 16.6. The van der Waals surface area contributed by atoms with Gasteiger partial charge < -0.3 is 15.0 Å². The SMILES string of the molecule is CC(C)(C)OC(=O)C(=O)N1CCN(CCCCCC(=O)Nc2cccc3c2C(=O)N(C2CCC(=O)NC2=O)C3=O)CC1. The third-order valence-corrected chi connectivity index (χ3v) is 7.35. The number of unbranched alkanes of at least 4 members (excludes halogenated alkanes) is 2. The minimum atomic E-state index is -1.08. The van der Waals surface area contributed by atoms with Crippen molar-refractivity contribution in [3.63, 3.8) is 0 Å². The molecule has 4 rings (SSSR count). The average molecular weight is 584 g/mol. The molecule has 3 heterocycles. The summed E-state index contributed by atoms with van der Waals surface area (Å²) in [5.74, 6) is -4.19. The van der Waals surface area contributed by atoms with Crippen molar-refractivity contribution in [1.82, 2.24) is 20.0 Å². The van der Waals surface area contributed by atoms with E-state index in [1.165, 1.54) is 11.0 Å². The first-order valence-electron chi connectivity index (χ1n) is 14.2. The summed E-state index contributed by atoms with van der Waals surface area (Å²) in [5.41, 5.74) is -0.355. The lowest BCUT2D eigenvalue weighted by molar-refractivity contribution is -0.168. The largest absolute Gasteiger partial charge is 0.453 e. The van der Waals surface area contributed by atoms with Crippen molar-refractivity contribution in [2.24, 2.45) is 0 Å². The molecule has 3 aliphatic rings. The fourth-order valence-electron chi connectivity index (χ4n) is 5.25. The Morgan fingerprint density at radius 3 is 2.36 bits per heavy atom. The number of anilines is 1. The number of piperidine rings is 1. The van der Waals surface area contributed by atoms with E-state index in [0.717, 1.165) is 24.3 Å². The molecule has 1 aromatic carbocycles. The van der Waals surface area contributed by atoms with Gasteiger partial charge in [-0.1, -0.05) is 12.5 Å². The molecule has 1 aromatic rings. The van der Waals surface area contributed by atoms with Crippen molar-refractivity contribution in [2.75, 3.05) is 38.0 Å². The summed E-state index contributed by atoms with van der Waals surface area (Å²) >= 11 is 0. The van der Waals surface area contributed by atoms with Gasteiger partial charge in [0.15, 0.2) is 0 Å². The molecule has 0 aromatic heterocycles. The van der Waals surface area contributed by atoms with Crippen LogP contribution < -0.4 is 10.6 Å². The molecule has 6 amide bonds. The third-order valence-electron chi connectivity index (χ3n) is 7.35. The van der Waals surface area contributed by atoms with Crippen LogP contribution in [0, 0.1) is 0 Å². The highest BCUT2D eigenvalue weighted by molar-refractivity contribution is 6.32. The number of imide groups is 2. The second-order valence-corrected chi connectivity index (χ2v) is 11.7. The molecule has 0 radical (unpaired) electrons. The zero-order valence-corrected chi connectivity index (χ0v) is 24.2. The van der Waals surface area contributed by atoms with Crippen LogP contribution in [0.2, 0.25) is 0 Å². The van der Waals surface area contributed by atoms with Gasteiger partial charge in [0.1, 0.15) is 11.6 Å². The number of hydrogen-bond donors (Lipinski definition) is 2. The van der Waals surface area contributed by atoms with Gasteiger partial charge in [0.05, 0.1) is 16.8 Å². The average Bonchev–Trinajstić information content (AvgIpc) is 3.18. The van der Waals surface area contributed by atoms with Crippen LogP contribution in [0.25, 0.3) is 0 Å². The third kappa shape index (κ3) is 7.19. The predicted molar refractivity (Wildman–Crippen MR) is 149 cm³/mol. The zero-order chi connectivity index (χ0) is 30.6. The normalized spacial score (nSPS) is 19.5. The molecular weight excluding hydrogens is 546 g/mol. The predicted octanol–water partition coefficient (Wildman–Crippen LogP) is 1.07.